The van der Waals surface area contributed by atoms with Crippen LogP contribution in [-0.2, 0) is 9.53 Å². The van der Waals surface area contributed by atoms with Crippen molar-refractivity contribution in [2.45, 2.75) is 31.3 Å². The van der Waals surface area contributed by atoms with Gasteiger partial charge in [-0.25, -0.2) is 0 Å². The van der Waals surface area contributed by atoms with Crippen molar-refractivity contribution in [1.29, 1.82) is 0 Å². The lowest BCUT2D eigenvalue weighted by Gasteiger charge is -2.38. The highest BCUT2D eigenvalue weighted by Gasteiger charge is 2.28. The van der Waals surface area contributed by atoms with Crippen molar-refractivity contribution in [3.05, 3.63) is 18.3 Å². The van der Waals surface area contributed by atoms with Gasteiger partial charge in [0.25, 0.3) is 0 Å². The minimum Gasteiger partial charge on any atom is -0.378 e. The molecule has 2 aliphatic heterocycles. The number of morpholine rings is 1. The average Bonchev–Trinajstić information content (AvgIpc) is 2.63. The first-order chi connectivity index (χ1) is 11.2. The van der Waals surface area contributed by atoms with Crippen LogP contribution >= 0.6 is 24.8 Å². The number of aromatic nitrogens is 2. The van der Waals surface area contributed by atoms with Crippen molar-refractivity contribution >= 4 is 36.5 Å². The van der Waals surface area contributed by atoms with Gasteiger partial charge in [-0.15, -0.1) is 29.9 Å². The van der Waals surface area contributed by atoms with E-state index in [2.05, 4.69) is 20.4 Å². The zero-order valence-corrected chi connectivity index (χ0v) is 16.1. The molecule has 2 unspecified atom stereocenters. The van der Waals surface area contributed by atoms with Gasteiger partial charge in [-0.3, -0.25) is 4.79 Å². The molecule has 142 valence electrons. The van der Waals surface area contributed by atoms with Gasteiger partial charge in [-0.2, -0.15) is 5.10 Å². The minimum absolute atomic E-state index is 0. The van der Waals surface area contributed by atoms with Crippen molar-refractivity contribution in [3.8, 4) is 0 Å². The topological polar surface area (TPSA) is 70.6 Å². The molecule has 9 heteroatoms. The van der Waals surface area contributed by atoms with E-state index in [0.717, 1.165) is 44.9 Å². The summed E-state index contributed by atoms with van der Waals surface area (Å²) in [5.41, 5.74) is 0. The van der Waals surface area contributed by atoms with Gasteiger partial charge in [0, 0.05) is 51.4 Å². The number of nitrogens with zero attached hydrogens (tertiary/aromatic N) is 4. The summed E-state index contributed by atoms with van der Waals surface area (Å²) in [6.45, 7) is 3.96. The molecule has 0 aliphatic carbocycles. The molecule has 1 amide bonds. The summed E-state index contributed by atoms with van der Waals surface area (Å²) >= 11 is 0. The van der Waals surface area contributed by atoms with E-state index in [-0.39, 0.29) is 42.8 Å². The Hall–Kier alpha value is -1.15. The van der Waals surface area contributed by atoms with E-state index < -0.39 is 0 Å². The Bertz CT molecular complexity index is 517. The number of halogens is 2. The number of hydrogen-bond acceptors (Lipinski definition) is 6. The van der Waals surface area contributed by atoms with E-state index in [4.69, 9.17) is 4.74 Å². The number of nitrogens with one attached hydrogen (secondary N) is 1. The number of amides is 1. The summed E-state index contributed by atoms with van der Waals surface area (Å²) in [7, 11) is 1.91. The van der Waals surface area contributed by atoms with E-state index in [1.54, 1.807) is 6.20 Å². The number of likely N-dealkylation sites (N-methyl/N-ethyl adjacent to an activating group) is 1. The number of piperidine rings is 1. The molecule has 0 radical (unpaired) electrons. The molecule has 0 spiro atoms. The van der Waals surface area contributed by atoms with Gasteiger partial charge in [-0.1, -0.05) is 0 Å². The van der Waals surface area contributed by atoms with E-state index >= 15 is 0 Å². The van der Waals surface area contributed by atoms with Gasteiger partial charge in [0.2, 0.25) is 5.91 Å². The summed E-state index contributed by atoms with van der Waals surface area (Å²) < 4.78 is 5.43. The fourth-order valence-electron chi connectivity index (χ4n) is 3.25. The number of anilines is 1. The molecule has 1 N–H and O–H groups in total. The molecule has 1 aromatic rings. The predicted molar refractivity (Wildman–Crippen MR) is 102 cm³/mol. The summed E-state index contributed by atoms with van der Waals surface area (Å²) in [6.07, 6.45) is 4.27. The van der Waals surface area contributed by atoms with E-state index in [9.17, 15) is 4.79 Å². The molecular formula is C16H27Cl2N5O2. The lowest BCUT2D eigenvalue weighted by atomic mass is 10.0. The Morgan fingerprint density at radius 3 is 3.00 bits per heavy atom. The molecule has 2 fully saturated rings. The lowest BCUT2D eigenvalue weighted by molar-refractivity contribution is -0.133. The highest BCUT2D eigenvalue weighted by atomic mass is 35.5. The second-order valence-electron chi connectivity index (χ2n) is 6.26. The number of ether oxygens (including phenoxy) is 1. The first-order valence-electron chi connectivity index (χ1n) is 8.33. The first-order valence-corrected chi connectivity index (χ1v) is 8.33. The zero-order chi connectivity index (χ0) is 16.1. The molecule has 0 saturated carbocycles. The SMILES string of the molecule is CN(C(=O)CC1COCCN1)C1CCCN(c2cccnn2)C1.Cl.Cl. The smallest absolute Gasteiger partial charge is 0.224 e. The quantitative estimate of drug-likeness (QED) is 0.829. The summed E-state index contributed by atoms with van der Waals surface area (Å²) in [4.78, 5) is 16.7. The minimum atomic E-state index is 0. The molecule has 7 nitrogen and oxygen atoms in total. The third-order valence-electron chi connectivity index (χ3n) is 4.64. The Labute approximate surface area is 161 Å². The van der Waals surface area contributed by atoms with Crippen molar-refractivity contribution in [2.24, 2.45) is 0 Å². The number of rotatable bonds is 4. The zero-order valence-electron chi connectivity index (χ0n) is 14.5. The van der Waals surface area contributed by atoms with Crippen LogP contribution in [0.3, 0.4) is 0 Å². The summed E-state index contributed by atoms with van der Waals surface area (Å²) in [5.74, 6) is 1.07. The van der Waals surface area contributed by atoms with Crippen LogP contribution in [0.1, 0.15) is 19.3 Å². The second kappa shape index (κ2) is 10.8. The van der Waals surface area contributed by atoms with Crippen molar-refractivity contribution in [1.82, 2.24) is 20.4 Å². The number of hydrogen-bond donors (Lipinski definition) is 1. The van der Waals surface area contributed by atoms with Gasteiger partial charge in [-0.05, 0) is 25.0 Å². The third-order valence-corrected chi connectivity index (χ3v) is 4.64. The fourth-order valence-corrected chi connectivity index (χ4v) is 3.25. The van der Waals surface area contributed by atoms with Crippen LogP contribution in [0.4, 0.5) is 5.82 Å². The summed E-state index contributed by atoms with van der Waals surface area (Å²) in [6, 6.07) is 4.23. The van der Waals surface area contributed by atoms with Gasteiger partial charge >= 0.3 is 0 Å². The van der Waals surface area contributed by atoms with Crippen LogP contribution in [0, 0.1) is 0 Å². The Kier molecular flexibility index (Phi) is 9.42. The van der Waals surface area contributed by atoms with Gasteiger partial charge in [0.05, 0.1) is 13.2 Å². The lowest BCUT2D eigenvalue weighted by Crippen LogP contribution is -2.51. The standard InChI is InChI=1S/C16H25N5O2.2ClH/c1-20(16(22)10-13-12-23-9-7-17-13)14-4-3-8-21(11-14)15-5-2-6-18-19-15;;/h2,5-6,13-14,17H,3-4,7-12H2,1H3;2*1H. The normalized spacial score (nSPS) is 23.2. The maximum absolute atomic E-state index is 12.5. The molecule has 2 atom stereocenters. The Balaban J connectivity index is 0.00000156. The Morgan fingerprint density at radius 1 is 1.48 bits per heavy atom. The molecule has 2 saturated heterocycles. The molecule has 2 aliphatic rings. The highest BCUT2D eigenvalue weighted by Crippen LogP contribution is 2.20. The molecule has 0 aromatic carbocycles. The molecular weight excluding hydrogens is 365 g/mol. The van der Waals surface area contributed by atoms with E-state index in [1.807, 2.05) is 24.1 Å². The van der Waals surface area contributed by atoms with E-state index in [0.29, 0.717) is 13.0 Å². The average molecular weight is 392 g/mol. The highest BCUT2D eigenvalue weighted by molar-refractivity contribution is 5.85. The van der Waals surface area contributed by atoms with Crippen molar-refractivity contribution < 1.29 is 9.53 Å². The molecule has 3 rings (SSSR count). The van der Waals surface area contributed by atoms with Gasteiger partial charge in [0.15, 0.2) is 5.82 Å². The second-order valence-corrected chi connectivity index (χ2v) is 6.26. The molecule has 1 aromatic heterocycles. The molecule has 3 heterocycles. The Morgan fingerprint density at radius 2 is 2.32 bits per heavy atom. The number of carbonyl (C=O) groups excluding carboxylic acids is 1. The maximum atomic E-state index is 12.5. The van der Waals surface area contributed by atoms with Gasteiger partial charge < -0.3 is 19.9 Å². The predicted octanol–water partition coefficient (Wildman–Crippen LogP) is 1.13. The van der Waals surface area contributed by atoms with E-state index in [1.165, 1.54) is 0 Å². The largest absolute Gasteiger partial charge is 0.378 e. The number of carbonyl (C=O) groups is 1. The fraction of sp³-hybridized carbons (Fsp3) is 0.688. The molecule has 0 bridgehead atoms. The van der Waals surface area contributed by atoms with Crippen LogP contribution < -0.4 is 10.2 Å². The third kappa shape index (κ3) is 5.95. The van der Waals surface area contributed by atoms with Crippen molar-refractivity contribution in [3.63, 3.8) is 0 Å². The molecule has 25 heavy (non-hydrogen) atoms. The van der Waals surface area contributed by atoms with Crippen molar-refractivity contribution in [2.75, 3.05) is 44.8 Å². The van der Waals surface area contributed by atoms with Crippen LogP contribution in [-0.4, -0.2) is 73.0 Å². The first kappa shape index (κ1) is 21.9. The summed E-state index contributed by atoms with van der Waals surface area (Å²) in [5, 5.41) is 11.5. The van der Waals surface area contributed by atoms with Crippen LogP contribution in [0.2, 0.25) is 0 Å². The van der Waals surface area contributed by atoms with Crippen LogP contribution in [0.5, 0.6) is 0 Å². The maximum Gasteiger partial charge on any atom is 0.224 e. The van der Waals surface area contributed by atoms with Crippen LogP contribution in [0.25, 0.3) is 0 Å². The van der Waals surface area contributed by atoms with Crippen LogP contribution in [0.15, 0.2) is 18.3 Å². The van der Waals surface area contributed by atoms with Gasteiger partial charge in [0.1, 0.15) is 0 Å². The monoisotopic (exact) mass is 391 g/mol.